The molecule has 8 fully saturated rings. The first kappa shape index (κ1) is 80.7. The van der Waals surface area contributed by atoms with E-state index in [-0.39, 0.29) is 83.1 Å². The van der Waals surface area contributed by atoms with Gasteiger partial charge in [-0.1, -0.05) is 26.3 Å². The zero-order valence-corrected chi connectivity index (χ0v) is 59.7. The van der Waals surface area contributed by atoms with E-state index in [1.54, 1.807) is 27.7 Å². The maximum absolute atomic E-state index is 12.8. The van der Waals surface area contributed by atoms with E-state index in [0.29, 0.717) is 37.2 Å². The minimum absolute atomic E-state index is 0.00605. The fourth-order valence-corrected chi connectivity index (χ4v) is 15.4. The van der Waals surface area contributed by atoms with E-state index in [2.05, 4.69) is 26.3 Å². The lowest BCUT2D eigenvalue weighted by Crippen LogP contribution is -2.46. The third-order valence-corrected chi connectivity index (χ3v) is 20.5. The van der Waals surface area contributed by atoms with Crippen LogP contribution in [-0.2, 0) is 85.8 Å². The standard InChI is InChI=1S/C21H32O6.C19H27F3O4.C19H30O4.C16H24O4/c1-14(2)18(23)25-13-17(22)27-21(11-6-7-12-21)15-9-8-10-16(15)26-19(24)20(3,4)5;1-12(19(20,21)22)15(23)26-18(10-5-6-11-18)13-8-7-9-14(13)25-16(24)17(2,3)4;1-5-16(20)23-19(12-6-7-13-19)14-8-10-15(11-9-14)22-17(21)18(2,3)4;1-11(2)15(18)20-16(9-4-5-10-16)13-7-6-8-14(13)19-12(3)17/h15-16H,1,6-13H2,2-5H3;13-14H,1,5-11H2,2-4H3;5,14-15H,1,6-13H2,2-4H3;13-14H,1,4-10H2,2-3H3. The van der Waals surface area contributed by atoms with Crippen LogP contribution in [0, 0.1) is 39.9 Å². The Hall–Kier alpha value is -6.02. The fraction of sp³-hybridized carbons (Fsp3) is 0.773. The quantitative estimate of drug-likeness (QED) is 0.0704. The van der Waals surface area contributed by atoms with Gasteiger partial charge in [-0.2, -0.15) is 13.2 Å². The highest BCUT2D eigenvalue weighted by molar-refractivity contribution is 5.90. The molecule has 0 aromatic heterocycles. The zero-order chi connectivity index (χ0) is 71.8. The Balaban J connectivity index is 0.000000233. The average molecular weight is 1360 g/mol. The topological polar surface area (TPSA) is 237 Å². The van der Waals surface area contributed by atoms with Gasteiger partial charge < -0.3 is 42.6 Å². The second kappa shape index (κ2) is 34.2. The highest BCUT2D eigenvalue weighted by Gasteiger charge is 2.55. The van der Waals surface area contributed by atoms with E-state index in [0.717, 1.165) is 161 Å². The van der Waals surface area contributed by atoms with Gasteiger partial charge in [0.1, 0.15) is 52.4 Å². The van der Waals surface area contributed by atoms with Crippen LogP contribution in [-0.4, -0.2) is 113 Å². The summed E-state index contributed by atoms with van der Waals surface area (Å²) in [5.41, 5.74) is -4.93. The summed E-state index contributed by atoms with van der Waals surface area (Å²) in [6.45, 7) is 34.1. The number of esters is 9. The highest BCUT2D eigenvalue weighted by atomic mass is 19.4. The molecule has 8 aliphatic rings. The zero-order valence-electron chi connectivity index (χ0n) is 59.7. The Bertz CT molecular complexity index is 2760. The predicted molar refractivity (Wildman–Crippen MR) is 353 cm³/mol. The molecule has 8 rings (SSSR count). The minimum Gasteiger partial charge on any atom is -0.462 e. The van der Waals surface area contributed by atoms with Gasteiger partial charge in [0.25, 0.3) is 0 Å². The number of carbonyl (C=O) groups is 9. The molecule has 0 N–H and O–H groups in total. The van der Waals surface area contributed by atoms with Crippen molar-refractivity contribution in [2.45, 2.75) is 322 Å². The highest BCUT2D eigenvalue weighted by Crippen LogP contribution is 2.52. The molecular weight excluding hydrogens is 1250 g/mol. The molecule has 0 aromatic rings. The van der Waals surface area contributed by atoms with Crippen LogP contribution in [0.4, 0.5) is 13.2 Å². The van der Waals surface area contributed by atoms with Crippen molar-refractivity contribution < 1.29 is 99.0 Å². The molecule has 18 nitrogen and oxygen atoms in total. The van der Waals surface area contributed by atoms with Crippen LogP contribution in [0.2, 0.25) is 0 Å². The van der Waals surface area contributed by atoms with E-state index >= 15 is 0 Å². The lowest BCUT2D eigenvalue weighted by Gasteiger charge is -2.41. The van der Waals surface area contributed by atoms with Crippen molar-refractivity contribution in [2.24, 2.45) is 39.9 Å². The summed E-state index contributed by atoms with van der Waals surface area (Å²) in [7, 11) is 0. The number of hydrogen-bond acceptors (Lipinski definition) is 18. The maximum atomic E-state index is 12.8. The summed E-state index contributed by atoms with van der Waals surface area (Å²) in [4.78, 5) is 107. The second-order valence-corrected chi connectivity index (χ2v) is 31.4. The van der Waals surface area contributed by atoms with Gasteiger partial charge >= 0.3 is 59.9 Å². The van der Waals surface area contributed by atoms with E-state index in [1.165, 1.54) is 19.9 Å². The van der Waals surface area contributed by atoms with Gasteiger partial charge in [0.2, 0.25) is 0 Å². The summed E-state index contributed by atoms with van der Waals surface area (Å²) in [6.07, 6.45) is 20.7. The predicted octanol–water partition coefficient (Wildman–Crippen LogP) is 15.8. The molecule has 8 saturated carbocycles. The number of carbonyl (C=O) groups excluding carboxylic acids is 9. The Morgan fingerprint density at radius 1 is 0.417 bits per heavy atom. The molecule has 6 unspecified atom stereocenters. The van der Waals surface area contributed by atoms with Gasteiger partial charge in [-0.3, -0.25) is 19.2 Å². The molecule has 21 heteroatoms. The van der Waals surface area contributed by atoms with Crippen molar-refractivity contribution in [1.82, 2.24) is 0 Å². The van der Waals surface area contributed by atoms with Gasteiger partial charge in [-0.15, -0.1) is 0 Å². The monoisotopic (exact) mass is 1360 g/mol. The Morgan fingerprint density at radius 3 is 1.10 bits per heavy atom. The fourth-order valence-electron chi connectivity index (χ4n) is 15.4. The van der Waals surface area contributed by atoms with Crippen LogP contribution in [0.25, 0.3) is 0 Å². The molecule has 0 aliphatic heterocycles. The average Bonchev–Trinajstić information content (AvgIpc) is 1.63. The molecule has 6 atom stereocenters. The van der Waals surface area contributed by atoms with Crippen molar-refractivity contribution >= 4 is 53.7 Å². The maximum Gasteiger partial charge on any atom is 0.422 e. The summed E-state index contributed by atoms with van der Waals surface area (Å²) >= 11 is 0. The molecular formula is C75H113F3O18. The summed E-state index contributed by atoms with van der Waals surface area (Å²) < 4.78 is 88.7. The smallest absolute Gasteiger partial charge is 0.422 e. The number of alkyl halides is 3. The van der Waals surface area contributed by atoms with Crippen molar-refractivity contribution in [2.75, 3.05) is 6.61 Å². The molecule has 0 heterocycles. The minimum atomic E-state index is -4.81. The third kappa shape index (κ3) is 22.2. The Labute approximate surface area is 568 Å². The van der Waals surface area contributed by atoms with Crippen LogP contribution in [0.1, 0.15) is 269 Å². The van der Waals surface area contributed by atoms with Crippen LogP contribution in [0.5, 0.6) is 0 Å². The van der Waals surface area contributed by atoms with Crippen molar-refractivity contribution in [3.8, 4) is 0 Å². The second-order valence-electron chi connectivity index (χ2n) is 31.4. The van der Waals surface area contributed by atoms with E-state index < -0.39 is 75.4 Å². The third-order valence-electron chi connectivity index (χ3n) is 20.5. The molecule has 542 valence electrons. The van der Waals surface area contributed by atoms with E-state index in [4.69, 9.17) is 42.6 Å². The van der Waals surface area contributed by atoms with Crippen molar-refractivity contribution in [1.29, 1.82) is 0 Å². The first-order valence-corrected chi connectivity index (χ1v) is 35.2. The van der Waals surface area contributed by atoms with Gasteiger partial charge in [0, 0.05) is 41.9 Å². The largest absolute Gasteiger partial charge is 0.462 e. The Morgan fingerprint density at radius 2 is 0.760 bits per heavy atom. The lowest BCUT2D eigenvalue weighted by atomic mass is 9.75. The molecule has 96 heavy (non-hydrogen) atoms. The number of hydrogen-bond donors (Lipinski definition) is 0. The van der Waals surface area contributed by atoms with Crippen LogP contribution < -0.4 is 0 Å². The summed E-state index contributed by atoms with van der Waals surface area (Å²) in [5, 5.41) is 0. The van der Waals surface area contributed by atoms with Crippen LogP contribution in [0.3, 0.4) is 0 Å². The first-order chi connectivity index (χ1) is 44.6. The van der Waals surface area contributed by atoms with Gasteiger partial charge in [0.05, 0.1) is 16.2 Å². The number of ether oxygens (including phenoxy) is 9. The van der Waals surface area contributed by atoms with Crippen LogP contribution in [0.15, 0.2) is 49.1 Å². The molecule has 0 aromatic carbocycles. The molecule has 8 aliphatic carbocycles. The molecule has 0 spiro atoms. The SMILES string of the molecule is C=C(C(=O)OC1(C2CCCC2OC(=O)C(C)(C)C)CCCC1)C(F)(F)F.C=C(C)C(=O)OC1(C2CCCC2OC(C)=O)CCCC1.C=C(C)C(=O)OCC(=O)OC1(C2CCCC2OC(=O)C(C)(C)C)CCCC1.C=CC(=O)OC1(C2CCC(OC(=O)C(C)(C)C)CC2)CCCC1. The molecule has 0 saturated heterocycles. The number of halogens is 3. The Kier molecular flexibility index (Phi) is 28.7. The van der Waals surface area contributed by atoms with Crippen LogP contribution >= 0.6 is 0 Å². The molecule has 0 amide bonds. The summed E-state index contributed by atoms with van der Waals surface area (Å²) in [6, 6.07) is 0. The van der Waals surface area contributed by atoms with Gasteiger partial charge in [0.15, 0.2) is 6.61 Å². The van der Waals surface area contributed by atoms with E-state index in [1.807, 2.05) is 41.5 Å². The van der Waals surface area contributed by atoms with Crippen molar-refractivity contribution in [3.05, 3.63) is 49.1 Å². The number of rotatable bonds is 18. The molecule has 0 bridgehead atoms. The van der Waals surface area contributed by atoms with Gasteiger partial charge in [-0.25, -0.2) is 24.0 Å². The van der Waals surface area contributed by atoms with Crippen molar-refractivity contribution in [3.63, 3.8) is 0 Å². The summed E-state index contributed by atoms with van der Waals surface area (Å²) in [5.74, 6) is -3.95. The first-order valence-electron chi connectivity index (χ1n) is 35.2. The lowest BCUT2D eigenvalue weighted by molar-refractivity contribution is -0.183. The van der Waals surface area contributed by atoms with E-state index in [9.17, 15) is 56.3 Å². The molecule has 0 radical (unpaired) electrons. The van der Waals surface area contributed by atoms with Gasteiger partial charge in [-0.05, 0) is 268 Å². The normalized spacial score (nSPS) is 26.2.